The highest BCUT2D eigenvalue weighted by Crippen LogP contribution is 2.61. The van der Waals surface area contributed by atoms with Crippen LogP contribution in [0.1, 0.15) is 45.8 Å². The van der Waals surface area contributed by atoms with Crippen LogP contribution < -0.4 is 21.5 Å². The normalized spacial score (nSPS) is 21.4. The number of nitrogens with two attached hydrogens (primary N) is 1. The predicted octanol–water partition coefficient (Wildman–Crippen LogP) is -1.86. The minimum Gasteiger partial charge on any atom is -0.550 e. The minimum absolute atomic E-state index is 0.0200. The highest BCUT2D eigenvalue weighted by Gasteiger charge is 2.50. The van der Waals surface area contributed by atoms with Crippen LogP contribution in [0.5, 0.6) is 0 Å². The van der Waals surface area contributed by atoms with Crippen LogP contribution in [0.25, 0.3) is 11.2 Å². The first kappa shape index (κ1) is 49.1. The van der Waals surface area contributed by atoms with Crippen LogP contribution in [0.4, 0.5) is 5.82 Å². The molecule has 0 spiro atoms. The van der Waals surface area contributed by atoms with Gasteiger partial charge < -0.3 is 60.8 Å². The van der Waals surface area contributed by atoms with Gasteiger partial charge in [0.15, 0.2) is 17.7 Å². The lowest BCUT2D eigenvalue weighted by Gasteiger charge is -2.30. The van der Waals surface area contributed by atoms with Crippen molar-refractivity contribution >= 4 is 75.1 Å². The number of hydrogen-bond acceptors (Lipinski definition) is 20. The molecular weight excluding hydrogens is 863 g/mol. The number of nitrogens with one attached hydrogen (secondary N) is 2. The number of amides is 2. The molecule has 326 valence electrons. The topological polar surface area (TPSA) is 404 Å². The lowest BCUT2D eigenvalue weighted by molar-refractivity contribution is -0.305. The van der Waals surface area contributed by atoms with Gasteiger partial charge in [-0.1, -0.05) is 31.7 Å². The van der Waals surface area contributed by atoms with Crippen molar-refractivity contribution in [2.24, 2.45) is 5.41 Å². The molecule has 0 saturated carbocycles. The molecule has 1 aliphatic heterocycles. The zero-order valence-electron chi connectivity index (χ0n) is 30.7. The molecule has 58 heavy (non-hydrogen) atoms. The zero-order chi connectivity index (χ0) is 43.5. The Hall–Kier alpha value is -3.23. The number of carboxylic acid groups (broad SMARTS) is 1. The van der Waals surface area contributed by atoms with E-state index >= 15 is 0 Å². The van der Waals surface area contributed by atoms with Crippen molar-refractivity contribution in [3.05, 3.63) is 24.8 Å². The lowest BCUT2D eigenvalue weighted by Crippen LogP contribution is -2.46. The van der Waals surface area contributed by atoms with Gasteiger partial charge in [0.05, 0.1) is 19.5 Å². The Kier molecular flexibility index (Phi) is 18.1. The van der Waals surface area contributed by atoms with Crippen LogP contribution in [0.3, 0.4) is 0 Å². The average Bonchev–Trinajstić information content (AvgIpc) is 3.67. The van der Waals surface area contributed by atoms with E-state index in [9.17, 15) is 67.8 Å². The number of carboxylic acids is 1. The van der Waals surface area contributed by atoms with Gasteiger partial charge in [-0.15, -0.1) is 0 Å². The first-order chi connectivity index (χ1) is 26.9. The second-order valence-corrected chi connectivity index (χ2v) is 18.2. The first-order valence-electron chi connectivity index (χ1n) is 16.8. The number of carbonyl (C=O) groups is 4. The maximum absolute atomic E-state index is 12.7. The molecule has 0 radical (unpaired) electrons. The zero-order valence-corrected chi connectivity index (χ0v) is 34.2. The van der Waals surface area contributed by atoms with E-state index < -0.39 is 90.5 Å². The quantitative estimate of drug-likeness (QED) is 0.0317. The average molecular weight is 907 g/mol. The number of phosphoric acid groups is 3. The van der Waals surface area contributed by atoms with Crippen molar-refractivity contribution in [1.29, 1.82) is 0 Å². The Morgan fingerprint density at radius 2 is 1.76 bits per heavy atom. The van der Waals surface area contributed by atoms with Crippen molar-refractivity contribution in [3.8, 4) is 0 Å². The summed E-state index contributed by atoms with van der Waals surface area (Å²) in [5.41, 5.74) is 4.21. The Labute approximate surface area is 333 Å². The third kappa shape index (κ3) is 15.7. The van der Waals surface area contributed by atoms with Gasteiger partial charge in [0.25, 0.3) is 0 Å². The second kappa shape index (κ2) is 21.3. The predicted molar refractivity (Wildman–Crippen MR) is 195 cm³/mol. The van der Waals surface area contributed by atoms with Crippen LogP contribution in [0.2, 0.25) is 0 Å². The van der Waals surface area contributed by atoms with E-state index in [1.807, 2.05) is 0 Å². The molecule has 30 heteroatoms. The molecule has 2 unspecified atom stereocenters. The van der Waals surface area contributed by atoms with Gasteiger partial charge in [0, 0.05) is 36.6 Å². The molecule has 1 aliphatic rings. The van der Waals surface area contributed by atoms with Gasteiger partial charge in [-0.25, -0.2) is 28.6 Å². The van der Waals surface area contributed by atoms with Gasteiger partial charge in [-0.05, 0) is 25.3 Å². The third-order valence-corrected chi connectivity index (χ3v) is 11.7. The molecule has 0 bridgehead atoms. The number of rotatable bonds is 24. The molecule has 2 amide bonds. The molecule has 3 rings (SSSR count). The number of ether oxygens (including phenoxy) is 1. The Morgan fingerprint density at radius 1 is 1.07 bits per heavy atom. The smallest absolute Gasteiger partial charge is 0.481 e. The second-order valence-electron chi connectivity index (χ2n) is 12.9. The number of imidazole rings is 1. The van der Waals surface area contributed by atoms with E-state index in [1.165, 1.54) is 26.0 Å². The molecule has 26 nitrogen and oxygen atoms in total. The summed E-state index contributed by atoms with van der Waals surface area (Å²) in [6.45, 7) is 0.271. The highest BCUT2D eigenvalue weighted by atomic mass is 32.2. The van der Waals surface area contributed by atoms with Crippen LogP contribution in [0, 0.1) is 5.41 Å². The fourth-order valence-corrected chi connectivity index (χ4v) is 8.30. The molecule has 0 aromatic carbocycles. The van der Waals surface area contributed by atoms with Gasteiger partial charge in [0.1, 0.15) is 36.3 Å². The first-order valence-corrected chi connectivity index (χ1v) is 22.3. The standard InChI is InChI=1S/C28H44N7O19P3S/c1-28(2,23(41)26(42)31-9-8-17(36)30-10-11-58-19(39)7-5-3-4-6-18(37)38)13-51-57(48,49)54-56(46,47)50-12-16-22(53-55(43,44)45)21(40)27(52-16)35-15-34-20-24(29)32-14-33-25(20)35/h5,7,14-16,21-23,27,40-41H,3-4,6,8-13H2,1-2H3,(H,30,36)(H,31,42)(H,37,38)(H,46,47)(H,48,49)(H2,29,32,33)(H2,43,44,45)/p-1/b7-5+/t16-,21-,22-,23+,27-/m1/s1. The third-order valence-electron chi connectivity index (χ3n) is 7.75. The molecule has 0 aliphatic carbocycles. The molecule has 1 saturated heterocycles. The van der Waals surface area contributed by atoms with E-state index in [1.54, 1.807) is 0 Å². The monoisotopic (exact) mass is 906 g/mol. The summed E-state index contributed by atoms with van der Waals surface area (Å²) in [5.74, 6) is -2.51. The van der Waals surface area contributed by atoms with Crippen LogP contribution in [-0.2, 0) is 55.5 Å². The Morgan fingerprint density at radius 3 is 2.43 bits per heavy atom. The summed E-state index contributed by atoms with van der Waals surface area (Å²) < 4.78 is 62.0. The number of anilines is 1. The van der Waals surface area contributed by atoms with Crippen molar-refractivity contribution in [2.45, 2.75) is 70.2 Å². The number of unbranched alkanes of at least 4 members (excludes halogenated alkanes) is 1. The molecule has 7 atom stereocenters. The number of allylic oxidation sites excluding steroid dienone is 1. The Bertz CT molecular complexity index is 1950. The van der Waals surface area contributed by atoms with Gasteiger partial charge in [-0.3, -0.25) is 32.5 Å². The highest BCUT2D eigenvalue weighted by molar-refractivity contribution is 8.14. The van der Waals surface area contributed by atoms with Crippen molar-refractivity contribution in [3.63, 3.8) is 0 Å². The van der Waals surface area contributed by atoms with E-state index in [2.05, 4.69) is 34.4 Å². The number of fused-ring (bicyclic) bond motifs is 1. The number of aromatic nitrogens is 4. The van der Waals surface area contributed by atoms with Gasteiger partial charge in [0.2, 0.25) is 16.9 Å². The number of hydrogen-bond donors (Lipinski definition) is 9. The van der Waals surface area contributed by atoms with E-state index in [4.69, 9.17) is 19.5 Å². The van der Waals surface area contributed by atoms with Gasteiger partial charge >= 0.3 is 23.5 Å². The largest absolute Gasteiger partial charge is 0.550 e. The summed E-state index contributed by atoms with van der Waals surface area (Å²) in [6, 6.07) is 0. The number of aliphatic carboxylic acids is 1. The number of nitrogens with zero attached hydrogens (tertiary/aromatic N) is 4. The van der Waals surface area contributed by atoms with Crippen LogP contribution >= 0.6 is 35.2 Å². The number of carbonyl (C=O) groups excluding carboxylic acids is 4. The van der Waals surface area contributed by atoms with E-state index in [0.29, 0.717) is 12.8 Å². The van der Waals surface area contributed by atoms with Gasteiger partial charge in [-0.2, -0.15) is 4.31 Å². The molecule has 10 N–H and O–H groups in total. The van der Waals surface area contributed by atoms with Crippen molar-refractivity contribution in [1.82, 2.24) is 30.2 Å². The molecular formula is C28H43N7O19P3S-. The number of thioether (sulfide) groups is 1. The Balaban J connectivity index is 1.45. The summed E-state index contributed by atoms with van der Waals surface area (Å²) >= 11 is 0.919. The minimum atomic E-state index is -5.59. The molecule has 2 aromatic rings. The number of aliphatic hydroxyl groups is 2. The fraction of sp³-hybridized carbons (Fsp3) is 0.607. The van der Waals surface area contributed by atoms with E-state index in [-0.39, 0.29) is 53.8 Å². The van der Waals surface area contributed by atoms with E-state index in [0.717, 1.165) is 29.0 Å². The molecule has 3 heterocycles. The fourth-order valence-electron chi connectivity index (χ4n) is 4.87. The van der Waals surface area contributed by atoms with Crippen molar-refractivity contribution in [2.75, 3.05) is 37.8 Å². The maximum atomic E-state index is 12.7. The van der Waals surface area contributed by atoms with Crippen LogP contribution in [0.15, 0.2) is 24.8 Å². The lowest BCUT2D eigenvalue weighted by atomic mass is 9.87. The summed E-state index contributed by atoms with van der Waals surface area (Å²) in [7, 11) is -16.4. The maximum Gasteiger partial charge on any atom is 0.481 e. The number of nitrogen functional groups attached to an aromatic ring is 1. The summed E-state index contributed by atoms with van der Waals surface area (Å²) in [6.07, 6.45) is -3.64. The molecule has 1 fully saturated rings. The summed E-state index contributed by atoms with van der Waals surface area (Å²) in [5, 5.41) is 36.3. The van der Waals surface area contributed by atoms with Crippen molar-refractivity contribution < 1.29 is 90.4 Å². The summed E-state index contributed by atoms with van der Waals surface area (Å²) in [4.78, 5) is 97.7. The number of phosphoric ester groups is 3. The van der Waals surface area contributed by atoms with Crippen LogP contribution in [-0.4, -0.2) is 129 Å². The number of aliphatic hydroxyl groups excluding tert-OH is 2. The molecule has 2 aromatic heterocycles. The SMILES string of the molecule is CC(C)(COP(=O)(O)OP(=O)(O)OC[C@H]1O[C@@H](n2cnc3c(N)ncnc32)[C@H](O)[C@@H]1OP(=O)(O)O)[C@@H](O)C(=O)NCCC(=O)NCCSC(=O)/C=C/CCCC(=O)[O-].